The summed E-state index contributed by atoms with van der Waals surface area (Å²) < 4.78 is 13.6. The number of imidazole rings is 1. The molecule has 6 nitrogen and oxygen atoms in total. The molecule has 3 heterocycles. The Morgan fingerprint density at radius 3 is 2.38 bits per heavy atom. The third-order valence-corrected chi connectivity index (χ3v) is 4.22. The van der Waals surface area contributed by atoms with Crippen molar-refractivity contribution in [2.24, 2.45) is 0 Å². The fourth-order valence-corrected chi connectivity index (χ4v) is 2.23. The Bertz CT molecular complexity index is 707. The summed E-state index contributed by atoms with van der Waals surface area (Å²) in [5, 5.41) is 8.98. The molecule has 0 amide bonds. The van der Waals surface area contributed by atoms with Crippen LogP contribution in [0.4, 0.5) is 0 Å². The van der Waals surface area contributed by atoms with Crippen LogP contribution in [-0.2, 0) is 9.31 Å². The first kappa shape index (κ1) is 14.1. The molecule has 1 aliphatic rings. The molecular weight excluding hydrogens is 271 g/mol. The van der Waals surface area contributed by atoms with E-state index in [1.807, 2.05) is 33.8 Å². The van der Waals surface area contributed by atoms with E-state index in [0.29, 0.717) is 5.65 Å². The number of aromatic nitrogens is 2. The van der Waals surface area contributed by atoms with Gasteiger partial charge in [0.15, 0.2) is 5.69 Å². The molecule has 0 atom stereocenters. The Kier molecular flexibility index (Phi) is 2.90. The Morgan fingerprint density at radius 1 is 1.19 bits per heavy atom. The zero-order valence-electron chi connectivity index (χ0n) is 12.5. The van der Waals surface area contributed by atoms with Crippen LogP contribution in [0.2, 0.25) is 0 Å². The molecule has 1 N–H and O–H groups in total. The molecule has 1 fully saturated rings. The van der Waals surface area contributed by atoms with Gasteiger partial charge in [0.25, 0.3) is 0 Å². The van der Waals surface area contributed by atoms with E-state index < -0.39 is 24.3 Å². The van der Waals surface area contributed by atoms with E-state index in [1.54, 1.807) is 16.7 Å². The molecule has 0 spiro atoms. The van der Waals surface area contributed by atoms with E-state index in [0.717, 1.165) is 5.46 Å². The van der Waals surface area contributed by atoms with Crippen molar-refractivity contribution in [1.29, 1.82) is 0 Å². The van der Waals surface area contributed by atoms with E-state index in [4.69, 9.17) is 14.4 Å². The molecule has 2 aromatic heterocycles. The van der Waals surface area contributed by atoms with Crippen LogP contribution in [0.5, 0.6) is 0 Å². The van der Waals surface area contributed by atoms with Crippen molar-refractivity contribution in [3.63, 3.8) is 0 Å². The second-order valence-corrected chi connectivity index (χ2v) is 6.25. The van der Waals surface area contributed by atoms with Crippen LogP contribution in [0, 0.1) is 0 Å². The third kappa shape index (κ3) is 2.22. The number of carboxylic acids is 1. The topological polar surface area (TPSA) is 73.1 Å². The quantitative estimate of drug-likeness (QED) is 0.844. The molecule has 0 radical (unpaired) electrons. The summed E-state index contributed by atoms with van der Waals surface area (Å²) >= 11 is 0. The number of rotatable bonds is 2. The normalized spacial score (nSPS) is 20.1. The third-order valence-electron chi connectivity index (χ3n) is 4.22. The van der Waals surface area contributed by atoms with Gasteiger partial charge in [-0.25, -0.2) is 9.78 Å². The summed E-state index contributed by atoms with van der Waals surface area (Å²) in [6.07, 6.45) is 3.27. The SMILES string of the molecule is CC1(C)OB(c2ccc3nc(C(=O)O)cn3c2)OC1(C)C. The summed E-state index contributed by atoms with van der Waals surface area (Å²) in [6, 6.07) is 3.60. The predicted molar refractivity (Wildman–Crippen MR) is 77.9 cm³/mol. The smallest absolute Gasteiger partial charge is 0.476 e. The molecule has 0 saturated carbocycles. The van der Waals surface area contributed by atoms with E-state index in [1.165, 1.54) is 6.20 Å². The van der Waals surface area contributed by atoms with Gasteiger partial charge in [0.1, 0.15) is 5.65 Å². The highest BCUT2D eigenvalue weighted by atomic mass is 16.7. The Balaban J connectivity index is 1.97. The molecule has 7 heteroatoms. The molecule has 1 aliphatic heterocycles. The van der Waals surface area contributed by atoms with Gasteiger partial charge in [-0.15, -0.1) is 0 Å². The van der Waals surface area contributed by atoms with Gasteiger partial charge in [-0.2, -0.15) is 0 Å². The van der Waals surface area contributed by atoms with Crippen molar-refractivity contribution >= 4 is 24.2 Å². The molecule has 0 aliphatic carbocycles. The minimum absolute atomic E-state index is 0.0149. The maximum atomic E-state index is 11.0. The Labute approximate surface area is 122 Å². The number of pyridine rings is 1. The highest BCUT2D eigenvalue weighted by molar-refractivity contribution is 6.62. The largest absolute Gasteiger partial charge is 0.496 e. The lowest BCUT2D eigenvalue weighted by Gasteiger charge is -2.32. The first-order valence-electron chi connectivity index (χ1n) is 6.77. The van der Waals surface area contributed by atoms with Gasteiger partial charge in [-0.1, -0.05) is 6.07 Å². The van der Waals surface area contributed by atoms with Gasteiger partial charge in [0, 0.05) is 12.4 Å². The van der Waals surface area contributed by atoms with Crippen LogP contribution < -0.4 is 5.46 Å². The number of carbonyl (C=O) groups is 1. The maximum absolute atomic E-state index is 11.0. The molecule has 3 rings (SSSR count). The molecule has 1 saturated heterocycles. The molecule has 110 valence electrons. The van der Waals surface area contributed by atoms with E-state index in [9.17, 15) is 4.79 Å². The predicted octanol–water partition coefficient (Wildman–Crippen LogP) is 1.33. The van der Waals surface area contributed by atoms with Crippen molar-refractivity contribution in [3.05, 3.63) is 30.2 Å². The van der Waals surface area contributed by atoms with Crippen molar-refractivity contribution in [3.8, 4) is 0 Å². The average Bonchev–Trinajstić information content (AvgIpc) is 2.88. The molecule has 0 bridgehead atoms. The summed E-state index contributed by atoms with van der Waals surface area (Å²) in [6.45, 7) is 7.97. The van der Waals surface area contributed by atoms with Crippen molar-refractivity contribution in [1.82, 2.24) is 9.38 Å². The molecule has 0 unspecified atom stereocenters. The maximum Gasteiger partial charge on any atom is 0.496 e. The number of fused-ring (bicyclic) bond motifs is 1. The number of hydrogen-bond donors (Lipinski definition) is 1. The van der Waals surface area contributed by atoms with E-state index in [-0.39, 0.29) is 5.69 Å². The summed E-state index contributed by atoms with van der Waals surface area (Å²) in [5.74, 6) is -1.05. The van der Waals surface area contributed by atoms with Gasteiger partial charge >= 0.3 is 13.1 Å². The highest BCUT2D eigenvalue weighted by Crippen LogP contribution is 2.36. The van der Waals surface area contributed by atoms with Crippen LogP contribution in [0.1, 0.15) is 38.2 Å². The van der Waals surface area contributed by atoms with Crippen LogP contribution in [0.15, 0.2) is 24.5 Å². The number of aromatic carboxylic acids is 1. The van der Waals surface area contributed by atoms with Crippen LogP contribution in [0.3, 0.4) is 0 Å². The number of carboxylic acid groups (broad SMARTS) is 1. The van der Waals surface area contributed by atoms with Crippen molar-refractivity contribution < 1.29 is 19.2 Å². The van der Waals surface area contributed by atoms with Gasteiger partial charge in [-0.3, -0.25) is 0 Å². The zero-order chi connectivity index (χ0) is 15.4. The minimum Gasteiger partial charge on any atom is -0.476 e. The standard InChI is InChI=1S/C14H17BN2O4/c1-13(2)14(3,4)21-15(20-13)9-5-6-11-16-10(12(18)19)8-17(11)7-9/h5-8H,1-4H3,(H,18,19). The average molecular weight is 288 g/mol. The second-order valence-electron chi connectivity index (χ2n) is 6.25. The summed E-state index contributed by atoms with van der Waals surface area (Å²) in [7, 11) is -0.477. The molecule has 2 aromatic rings. The first-order valence-corrected chi connectivity index (χ1v) is 6.77. The Hall–Kier alpha value is -1.86. The van der Waals surface area contributed by atoms with Crippen molar-refractivity contribution in [2.75, 3.05) is 0 Å². The lowest BCUT2D eigenvalue weighted by atomic mass is 9.80. The first-order chi connectivity index (χ1) is 9.69. The second kappa shape index (κ2) is 4.32. The summed E-state index contributed by atoms with van der Waals surface area (Å²) in [4.78, 5) is 15.0. The van der Waals surface area contributed by atoms with Gasteiger partial charge < -0.3 is 18.8 Å². The molecular formula is C14H17BN2O4. The fourth-order valence-electron chi connectivity index (χ4n) is 2.23. The number of hydrogen-bond acceptors (Lipinski definition) is 4. The van der Waals surface area contributed by atoms with E-state index >= 15 is 0 Å². The van der Waals surface area contributed by atoms with Gasteiger partial charge in [-0.05, 0) is 39.2 Å². The van der Waals surface area contributed by atoms with Crippen molar-refractivity contribution in [2.45, 2.75) is 38.9 Å². The highest BCUT2D eigenvalue weighted by Gasteiger charge is 2.51. The van der Waals surface area contributed by atoms with Gasteiger partial charge in [0.05, 0.1) is 11.2 Å². The lowest BCUT2D eigenvalue weighted by Crippen LogP contribution is -2.41. The lowest BCUT2D eigenvalue weighted by molar-refractivity contribution is 0.00578. The molecule has 0 aromatic carbocycles. The Morgan fingerprint density at radius 2 is 1.81 bits per heavy atom. The minimum atomic E-state index is -1.05. The van der Waals surface area contributed by atoms with Crippen LogP contribution in [0.25, 0.3) is 5.65 Å². The zero-order valence-corrected chi connectivity index (χ0v) is 12.5. The van der Waals surface area contributed by atoms with Crippen LogP contribution >= 0.6 is 0 Å². The monoisotopic (exact) mass is 288 g/mol. The van der Waals surface area contributed by atoms with Gasteiger partial charge in [0.2, 0.25) is 0 Å². The summed E-state index contributed by atoms with van der Waals surface area (Å²) in [5.41, 5.74) is 0.603. The van der Waals surface area contributed by atoms with E-state index in [2.05, 4.69) is 4.98 Å². The number of nitrogens with zero attached hydrogens (tertiary/aromatic N) is 2. The fraction of sp³-hybridized carbons (Fsp3) is 0.429. The van der Waals surface area contributed by atoms with Crippen LogP contribution in [-0.4, -0.2) is 38.8 Å². The molecule has 21 heavy (non-hydrogen) atoms.